The number of nitrogens with zero attached hydrogens (tertiary/aromatic N) is 2. The van der Waals surface area contributed by atoms with Crippen LogP contribution in [0.5, 0.6) is 5.88 Å². The highest BCUT2D eigenvalue weighted by Gasteiger charge is 2.34. The lowest BCUT2D eigenvalue weighted by Gasteiger charge is -2.34. The second kappa shape index (κ2) is 5.08. The van der Waals surface area contributed by atoms with E-state index in [4.69, 9.17) is 15.5 Å². The Morgan fingerprint density at radius 3 is 2.47 bits per heavy atom. The van der Waals surface area contributed by atoms with Gasteiger partial charge in [-0.1, -0.05) is 6.42 Å². The summed E-state index contributed by atoms with van der Waals surface area (Å²) >= 11 is 0. The van der Waals surface area contributed by atoms with Crippen molar-refractivity contribution in [2.45, 2.75) is 50.9 Å². The third kappa shape index (κ3) is 2.34. The number of methoxy groups -OCH3 is 1. The third-order valence-electron chi connectivity index (χ3n) is 4.60. The molecule has 2 saturated carbocycles. The maximum Gasteiger partial charge on any atom is 0.220 e. The van der Waals surface area contributed by atoms with E-state index in [0.717, 1.165) is 23.0 Å². The highest BCUT2D eigenvalue weighted by atomic mass is 16.5. The van der Waals surface area contributed by atoms with Crippen LogP contribution < -0.4 is 10.5 Å². The molecule has 0 spiro atoms. The van der Waals surface area contributed by atoms with Gasteiger partial charge in [0.05, 0.1) is 7.11 Å². The van der Waals surface area contributed by atoms with Crippen LogP contribution >= 0.6 is 0 Å². The molecule has 0 saturated heterocycles. The molecule has 1 heterocycles. The summed E-state index contributed by atoms with van der Waals surface area (Å²) < 4.78 is 5.54. The standard InChI is InChI=1S/C15H23N3O/c1-9-13(12(8-16)10-4-3-5-10)15(19-2)18-14(17-9)11-6-7-11/h10-12H,3-8,16H2,1-2H3. The lowest BCUT2D eigenvalue weighted by molar-refractivity contribution is 0.256. The molecule has 0 bridgehead atoms. The van der Waals surface area contributed by atoms with E-state index < -0.39 is 0 Å². The highest BCUT2D eigenvalue weighted by molar-refractivity contribution is 5.36. The van der Waals surface area contributed by atoms with Gasteiger partial charge in [-0.15, -0.1) is 0 Å². The Morgan fingerprint density at radius 2 is 2.00 bits per heavy atom. The Morgan fingerprint density at radius 1 is 1.26 bits per heavy atom. The van der Waals surface area contributed by atoms with Crippen LogP contribution in [0.15, 0.2) is 0 Å². The first kappa shape index (κ1) is 12.9. The second-order valence-corrected chi connectivity index (χ2v) is 5.90. The molecular formula is C15H23N3O. The average molecular weight is 261 g/mol. The number of nitrogens with two attached hydrogens (primary N) is 1. The molecule has 2 fully saturated rings. The monoisotopic (exact) mass is 261 g/mol. The first-order valence-corrected chi connectivity index (χ1v) is 7.37. The van der Waals surface area contributed by atoms with Crippen LogP contribution in [0.1, 0.15) is 61.0 Å². The zero-order valence-corrected chi connectivity index (χ0v) is 11.9. The molecule has 19 heavy (non-hydrogen) atoms. The summed E-state index contributed by atoms with van der Waals surface area (Å²) in [6, 6.07) is 0. The minimum Gasteiger partial charge on any atom is -0.481 e. The Labute approximate surface area is 114 Å². The van der Waals surface area contributed by atoms with E-state index >= 15 is 0 Å². The van der Waals surface area contributed by atoms with Gasteiger partial charge < -0.3 is 10.5 Å². The van der Waals surface area contributed by atoms with Gasteiger partial charge in [-0.3, -0.25) is 0 Å². The molecule has 0 amide bonds. The molecular weight excluding hydrogens is 238 g/mol. The van der Waals surface area contributed by atoms with Crippen molar-refractivity contribution in [3.05, 3.63) is 17.1 Å². The number of ether oxygens (including phenoxy) is 1. The van der Waals surface area contributed by atoms with Gasteiger partial charge in [0.15, 0.2) is 0 Å². The van der Waals surface area contributed by atoms with Crippen LogP contribution in [-0.4, -0.2) is 23.6 Å². The summed E-state index contributed by atoms with van der Waals surface area (Å²) in [6.45, 7) is 2.74. The SMILES string of the molecule is COc1nc(C2CC2)nc(C)c1C(CN)C1CCC1. The van der Waals surface area contributed by atoms with Gasteiger partial charge in [0.2, 0.25) is 5.88 Å². The number of rotatable bonds is 5. The molecule has 2 N–H and O–H groups in total. The number of aryl methyl sites for hydroxylation is 1. The topological polar surface area (TPSA) is 61.0 Å². The Bertz CT molecular complexity index is 467. The summed E-state index contributed by atoms with van der Waals surface area (Å²) in [5.41, 5.74) is 8.22. The molecule has 104 valence electrons. The van der Waals surface area contributed by atoms with Gasteiger partial charge in [0.1, 0.15) is 5.82 Å². The van der Waals surface area contributed by atoms with Gasteiger partial charge in [0.25, 0.3) is 0 Å². The van der Waals surface area contributed by atoms with E-state index in [2.05, 4.69) is 11.9 Å². The van der Waals surface area contributed by atoms with Crippen molar-refractivity contribution in [2.24, 2.45) is 11.7 Å². The third-order valence-corrected chi connectivity index (χ3v) is 4.60. The molecule has 1 aromatic heterocycles. The summed E-state index contributed by atoms with van der Waals surface area (Å²) in [4.78, 5) is 9.34. The van der Waals surface area contributed by atoms with Crippen molar-refractivity contribution < 1.29 is 4.74 Å². The molecule has 1 aromatic rings. The van der Waals surface area contributed by atoms with Crippen LogP contribution in [0.2, 0.25) is 0 Å². The Balaban J connectivity index is 1.97. The van der Waals surface area contributed by atoms with E-state index in [-0.39, 0.29) is 0 Å². The van der Waals surface area contributed by atoms with Crippen molar-refractivity contribution in [1.29, 1.82) is 0 Å². The minimum atomic E-state index is 0.358. The summed E-state index contributed by atoms with van der Waals surface area (Å²) in [6.07, 6.45) is 6.29. The number of hydrogen-bond donors (Lipinski definition) is 1. The van der Waals surface area contributed by atoms with E-state index in [1.165, 1.54) is 32.1 Å². The Kier molecular flexibility index (Phi) is 3.44. The van der Waals surface area contributed by atoms with Crippen LogP contribution in [0, 0.1) is 12.8 Å². The smallest absolute Gasteiger partial charge is 0.220 e. The second-order valence-electron chi connectivity index (χ2n) is 5.90. The fraction of sp³-hybridized carbons (Fsp3) is 0.733. The maximum absolute atomic E-state index is 6.01. The normalized spacial score (nSPS) is 21.0. The fourth-order valence-electron chi connectivity index (χ4n) is 3.07. The van der Waals surface area contributed by atoms with Crippen molar-refractivity contribution in [2.75, 3.05) is 13.7 Å². The molecule has 3 rings (SSSR count). The van der Waals surface area contributed by atoms with Crippen molar-refractivity contribution in [3.8, 4) is 5.88 Å². The summed E-state index contributed by atoms with van der Waals surface area (Å²) in [5, 5.41) is 0. The molecule has 2 aliphatic carbocycles. The molecule has 0 radical (unpaired) electrons. The minimum absolute atomic E-state index is 0.358. The lowest BCUT2D eigenvalue weighted by atomic mass is 9.73. The predicted molar refractivity (Wildman–Crippen MR) is 74.4 cm³/mol. The number of hydrogen-bond acceptors (Lipinski definition) is 4. The lowest BCUT2D eigenvalue weighted by Crippen LogP contribution is -2.28. The van der Waals surface area contributed by atoms with Crippen LogP contribution in [0.3, 0.4) is 0 Å². The fourth-order valence-corrected chi connectivity index (χ4v) is 3.07. The van der Waals surface area contributed by atoms with Crippen molar-refractivity contribution >= 4 is 0 Å². The van der Waals surface area contributed by atoms with E-state index in [1.807, 2.05) is 0 Å². The Hall–Kier alpha value is -1.16. The van der Waals surface area contributed by atoms with Gasteiger partial charge in [-0.05, 0) is 45.1 Å². The number of aromatic nitrogens is 2. The molecule has 0 aliphatic heterocycles. The van der Waals surface area contributed by atoms with Gasteiger partial charge in [0, 0.05) is 23.1 Å². The van der Waals surface area contributed by atoms with Crippen molar-refractivity contribution in [1.82, 2.24) is 9.97 Å². The zero-order valence-electron chi connectivity index (χ0n) is 11.9. The largest absolute Gasteiger partial charge is 0.481 e. The molecule has 0 aromatic carbocycles. The van der Waals surface area contributed by atoms with E-state index in [9.17, 15) is 0 Å². The first-order valence-electron chi connectivity index (χ1n) is 7.37. The van der Waals surface area contributed by atoms with Crippen LogP contribution in [0.25, 0.3) is 0 Å². The first-order chi connectivity index (χ1) is 9.24. The molecule has 2 aliphatic rings. The average Bonchev–Trinajstić information content (AvgIpc) is 3.17. The van der Waals surface area contributed by atoms with Gasteiger partial charge in [-0.25, -0.2) is 4.98 Å². The van der Waals surface area contributed by atoms with Gasteiger partial charge in [-0.2, -0.15) is 4.98 Å². The van der Waals surface area contributed by atoms with E-state index in [1.54, 1.807) is 7.11 Å². The summed E-state index contributed by atoms with van der Waals surface area (Å²) in [5.74, 6) is 3.32. The van der Waals surface area contributed by atoms with Crippen molar-refractivity contribution in [3.63, 3.8) is 0 Å². The zero-order chi connectivity index (χ0) is 13.4. The van der Waals surface area contributed by atoms with E-state index in [0.29, 0.717) is 24.3 Å². The highest BCUT2D eigenvalue weighted by Crippen LogP contribution is 2.44. The summed E-state index contributed by atoms with van der Waals surface area (Å²) in [7, 11) is 1.70. The van der Waals surface area contributed by atoms with Crippen LogP contribution in [-0.2, 0) is 0 Å². The quantitative estimate of drug-likeness (QED) is 0.884. The van der Waals surface area contributed by atoms with Gasteiger partial charge >= 0.3 is 0 Å². The maximum atomic E-state index is 6.01. The molecule has 4 heteroatoms. The van der Waals surface area contributed by atoms with Crippen LogP contribution in [0.4, 0.5) is 0 Å². The molecule has 1 atom stereocenters. The molecule has 4 nitrogen and oxygen atoms in total. The predicted octanol–water partition coefficient (Wildman–Crippen LogP) is 2.51. The molecule has 1 unspecified atom stereocenters.